The summed E-state index contributed by atoms with van der Waals surface area (Å²) in [5.41, 5.74) is 0.0000138. The number of benzene rings is 1. The molecule has 0 aliphatic heterocycles. The number of nitrogens with zero attached hydrogens (tertiary/aromatic N) is 1. The summed E-state index contributed by atoms with van der Waals surface area (Å²) in [6.07, 6.45) is 1.98. The van der Waals surface area contributed by atoms with Gasteiger partial charge in [0.25, 0.3) is 5.69 Å². The second-order valence-corrected chi connectivity index (χ2v) is 4.53. The highest BCUT2D eigenvalue weighted by Crippen LogP contribution is 2.31. The predicted molar refractivity (Wildman–Crippen MR) is 66.9 cm³/mol. The lowest BCUT2D eigenvalue weighted by Gasteiger charge is -2.13. The number of non-ortho nitro benzene ring substituents is 1. The van der Waals surface area contributed by atoms with Gasteiger partial charge in [-0.15, -0.1) is 0 Å². The molecule has 0 aromatic heterocycles. The molecular formula is C13H15NO5. The number of hydrogen-bond acceptors (Lipinski definition) is 5. The van der Waals surface area contributed by atoms with Crippen molar-refractivity contribution in [1.82, 2.24) is 0 Å². The van der Waals surface area contributed by atoms with Crippen molar-refractivity contribution in [3.63, 3.8) is 0 Å². The quantitative estimate of drug-likeness (QED) is 0.474. The minimum Gasteiger partial charge on any atom is -0.490 e. The van der Waals surface area contributed by atoms with Crippen LogP contribution in [-0.4, -0.2) is 24.1 Å². The highest BCUT2D eigenvalue weighted by Gasteiger charge is 2.31. The Labute approximate surface area is 110 Å². The molecule has 0 bridgehead atoms. The van der Waals surface area contributed by atoms with Crippen LogP contribution in [0.25, 0.3) is 0 Å². The van der Waals surface area contributed by atoms with E-state index in [9.17, 15) is 14.9 Å². The maximum Gasteiger partial charge on any atom is 0.308 e. The number of esters is 1. The Morgan fingerprint density at radius 1 is 1.42 bits per heavy atom. The number of ether oxygens (including phenoxy) is 2. The van der Waals surface area contributed by atoms with Crippen LogP contribution in [0.15, 0.2) is 24.3 Å². The molecular weight excluding hydrogens is 250 g/mol. The molecule has 6 heteroatoms. The van der Waals surface area contributed by atoms with E-state index in [1.54, 1.807) is 12.1 Å². The van der Waals surface area contributed by atoms with Crippen LogP contribution in [0.1, 0.15) is 19.3 Å². The molecule has 2 atom stereocenters. The summed E-state index contributed by atoms with van der Waals surface area (Å²) in [6, 6.07) is 6.07. The fourth-order valence-corrected chi connectivity index (χ4v) is 2.29. The van der Waals surface area contributed by atoms with Crippen LogP contribution in [0.4, 0.5) is 5.69 Å². The highest BCUT2D eigenvalue weighted by atomic mass is 16.6. The first kappa shape index (κ1) is 13.3. The van der Waals surface area contributed by atoms with Crippen LogP contribution in [0.3, 0.4) is 0 Å². The van der Waals surface area contributed by atoms with Crippen molar-refractivity contribution in [2.24, 2.45) is 5.92 Å². The second-order valence-electron chi connectivity index (χ2n) is 4.53. The van der Waals surface area contributed by atoms with E-state index in [-0.39, 0.29) is 23.7 Å². The summed E-state index contributed by atoms with van der Waals surface area (Å²) in [5.74, 6) is 0.114. The van der Waals surface area contributed by atoms with E-state index in [0.29, 0.717) is 12.2 Å². The number of nitro benzene ring substituents is 1. The van der Waals surface area contributed by atoms with Gasteiger partial charge in [0, 0.05) is 6.07 Å². The molecule has 1 aliphatic rings. The number of nitro groups is 1. The molecule has 2 rings (SSSR count). The largest absolute Gasteiger partial charge is 0.490 e. The molecule has 19 heavy (non-hydrogen) atoms. The van der Waals surface area contributed by atoms with Crippen molar-refractivity contribution in [3.8, 4) is 5.75 Å². The lowest BCUT2D eigenvalue weighted by Crippen LogP contribution is -2.17. The van der Waals surface area contributed by atoms with E-state index < -0.39 is 4.92 Å². The van der Waals surface area contributed by atoms with Gasteiger partial charge in [0.05, 0.1) is 30.1 Å². The molecule has 102 valence electrons. The molecule has 1 aromatic rings. The molecule has 0 saturated heterocycles. The topological polar surface area (TPSA) is 78.7 Å². The fraction of sp³-hybridized carbons (Fsp3) is 0.462. The summed E-state index contributed by atoms with van der Waals surface area (Å²) < 4.78 is 10.4. The van der Waals surface area contributed by atoms with Gasteiger partial charge in [-0.25, -0.2) is 0 Å². The summed E-state index contributed by atoms with van der Waals surface area (Å²) >= 11 is 0. The number of hydrogen-bond donors (Lipinski definition) is 0. The van der Waals surface area contributed by atoms with Gasteiger partial charge in [-0.2, -0.15) is 0 Å². The van der Waals surface area contributed by atoms with Gasteiger partial charge >= 0.3 is 5.97 Å². The third kappa shape index (κ3) is 3.21. The molecule has 0 N–H and O–H groups in total. The second kappa shape index (κ2) is 5.69. The first-order valence-corrected chi connectivity index (χ1v) is 6.09. The summed E-state index contributed by atoms with van der Waals surface area (Å²) in [6.45, 7) is 0. The van der Waals surface area contributed by atoms with E-state index >= 15 is 0 Å². The average Bonchev–Trinajstić information content (AvgIpc) is 2.86. The third-order valence-corrected chi connectivity index (χ3v) is 3.25. The van der Waals surface area contributed by atoms with Crippen LogP contribution in [0.2, 0.25) is 0 Å². The van der Waals surface area contributed by atoms with Crippen LogP contribution < -0.4 is 4.74 Å². The Bertz CT molecular complexity index is 488. The summed E-state index contributed by atoms with van der Waals surface area (Å²) in [7, 11) is 1.37. The van der Waals surface area contributed by atoms with Crippen LogP contribution in [0, 0.1) is 16.0 Å². The Hall–Kier alpha value is -2.11. The molecule has 0 radical (unpaired) electrons. The standard InChI is InChI=1S/C13H15NO5/c1-18-13(15)9-5-6-12(7-9)19-11-4-2-3-10(8-11)14(16)17/h2-4,8-9,12H,5-7H2,1H3/t9-,12-/m0/s1. The van der Waals surface area contributed by atoms with Gasteiger partial charge < -0.3 is 9.47 Å². The van der Waals surface area contributed by atoms with E-state index in [0.717, 1.165) is 12.8 Å². The lowest BCUT2D eigenvalue weighted by atomic mass is 10.1. The van der Waals surface area contributed by atoms with Crippen molar-refractivity contribution in [3.05, 3.63) is 34.4 Å². The van der Waals surface area contributed by atoms with Crippen LogP contribution in [-0.2, 0) is 9.53 Å². The van der Waals surface area contributed by atoms with E-state index in [2.05, 4.69) is 0 Å². The van der Waals surface area contributed by atoms with E-state index in [4.69, 9.17) is 9.47 Å². The SMILES string of the molecule is COC(=O)[C@H]1CC[C@H](Oc2cccc([N+](=O)[O-])c2)C1. The summed E-state index contributed by atoms with van der Waals surface area (Å²) in [5, 5.41) is 10.7. The molecule has 0 spiro atoms. The molecule has 1 aliphatic carbocycles. The molecule has 0 heterocycles. The van der Waals surface area contributed by atoms with Crippen molar-refractivity contribution in [2.45, 2.75) is 25.4 Å². The lowest BCUT2D eigenvalue weighted by molar-refractivity contribution is -0.384. The maximum atomic E-state index is 11.4. The molecule has 1 saturated carbocycles. The summed E-state index contributed by atoms with van der Waals surface area (Å²) in [4.78, 5) is 21.6. The van der Waals surface area contributed by atoms with Gasteiger partial charge in [-0.05, 0) is 25.3 Å². The number of carbonyl (C=O) groups excluding carboxylic acids is 1. The van der Waals surface area contributed by atoms with Gasteiger partial charge in [0.2, 0.25) is 0 Å². The fourth-order valence-electron chi connectivity index (χ4n) is 2.29. The average molecular weight is 265 g/mol. The zero-order chi connectivity index (χ0) is 13.8. The van der Waals surface area contributed by atoms with Gasteiger partial charge in [0.1, 0.15) is 5.75 Å². The van der Waals surface area contributed by atoms with Crippen molar-refractivity contribution < 1.29 is 19.2 Å². The van der Waals surface area contributed by atoms with Crippen LogP contribution >= 0.6 is 0 Å². The normalized spacial score (nSPS) is 21.9. The van der Waals surface area contributed by atoms with Gasteiger partial charge in [-0.3, -0.25) is 14.9 Å². The van der Waals surface area contributed by atoms with Gasteiger partial charge in [0.15, 0.2) is 0 Å². The molecule has 0 amide bonds. The minimum absolute atomic E-state index is 0.0000138. The molecule has 1 aromatic carbocycles. The van der Waals surface area contributed by atoms with Crippen molar-refractivity contribution in [2.75, 3.05) is 7.11 Å². The first-order chi connectivity index (χ1) is 9.10. The van der Waals surface area contributed by atoms with E-state index in [1.807, 2.05) is 0 Å². The smallest absolute Gasteiger partial charge is 0.308 e. The van der Waals surface area contributed by atoms with Crippen molar-refractivity contribution >= 4 is 11.7 Å². The van der Waals surface area contributed by atoms with Crippen molar-refractivity contribution in [1.29, 1.82) is 0 Å². The first-order valence-electron chi connectivity index (χ1n) is 6.09. The molecule has 0 unspecified atom stereocenters. The maximum absolute atomic E-state index is 11.4. The zero-order valence-electron chi connectivity index (χ0n) is 10.6. The third-order valence-electron chi connectivity index (χ3n) is 3.25. The number of carbonyl (C=O) groups is 1. The Balaban J connectivity index is 1.97. The molecule has 6 nitrogen and oxygen atoms in total. The number of methoxy groups -OCH3 is 1. The Morgan fingerprint density at radius 3 is 2.89 bits per heavy atom. The minimum atomic E-state index is -0.460. The monoisotopic (exact) mass is 265 g/mol. The number of rotatable bonds is 4. The Kier molecular flexibility index (Phi) is 3.99. The van der Waals surface area contributed by atoms with E-state index in [1.165, 1.54) is 19.2 Å². The predicted octanol–water partition coefficient (Wildman–Crippen LogP) is 2.32. The highest BCUT2D eigenvalue weighted by molar-refractivity contribution is 5.72. The molecule has 1 fully saturated rings. The van der Waals surface area contributed by atoms with Crippen LogP contribution in [0.5, 0.6) is 5.75 Å². The Morgan fingerprint density at radius 2 is 2.21 bits per heavy atom. The zero-order valence-corrected chi connectivity index (χ0v) is 10.6. The van der Waals surface area contributed by atoms with Gasteiger partial charge in [-0.1, -0.05) is 6.07 Å².